The number of carbonyl (C=O) groups is 1. The third-order valence-corrected chi connectivity index (χ3v) is 3.45. The van der Waals surface area contributed by atoms with Crippen LogP contribution in [-0.4, -0.2) is 24.8 Å². The zero-order chi connectivity index (χ0) is 13.2. The first-order valence-corrected chi connectivity index (χ1v) is 6.57. The second-order valence-electron chi connectivity index (χ2n) is 6.35. The number of carbonyl (C=O) groups excluding carboxylic acids is 1. The molecule has 3 heteroatoms. The molecule has 0 unspecified atom stereocenters. The summed E-state index contributed by atoms with van der Waals surface area (Å²) in [6.45, 7) is 13.0. The molecule has 0 aromatic carbocycles. The summed E-state index contributed by atoms with van der Waals surface area (Å²) in [7, 11) is 0. The van der Waals surface area contributed by atoms with E-state index in [9.17, 15) is 4.79 Å². The fraction of sp³-hybridized carbons (Fsp3) is 0.929. The SMILES string of the molecule is CC(C)CO[C@H]1C[C@H](OC(=O)C(C)C)C1(C)C. The number of hydrogen-bond donors (Lipinski definition) is 0. The minimum atomic E-state index is -0.106. The molecule has 100 valence electrons. The van der Waals surface area contributed by atoms with E-state index in [4.69, 9.17) is 9.47 Å². The van der Waals surface area contributed by atoms with Gasteiger partial charge in [0.05, 0.1) is 12.0 Å². The Morgan fingerprint density at radius 3 is 2.24 bits per heavy atom. The smallest absolute Gasteiger partial charge is 0.308 e. The summed E-state index contributed by atoms with van der Waals surface area (Å²) in [5.41, 5.74) is -0.0561. The van der Waals surface area contributed by atoms with Gasteiger partial charge >= 0.3 is 5.97 Å². The van der Waals surface area contributed by atoms with Crippen molar-refractivity contribution >= 4 is 5.97 Å². The van der Waals surface area contributed by atoms with Crippen molar-refractivity contribution in [2.45, 2.75) is 60.2 Å². The molecule has 1 saturated carbocycles. The third kappa shape index (κ3) is 3.44. The molecule has 17 heavy (non-hydrogen) atoms. The highest BCUT2D eigenvalue weighted by Crippen LogP contribution is 2.45. The third-order valence-electron chi connectivity index (χ3n) is 3.45. The molecule has 1 fully saturated rings. The van der Waals surface area contributed by atoms with Crippen LogP contribution in [0.4, 0.5) is 0 Å². The van der Waals surface area contributed by atoms with E-state index in [-0.39, 0.29) is 29.5 Å². The van der Waals surface area contributed by atoms with Crippen molar-refractivity contribution in [2.75, 3.05) is 6.61 Å². The predicted molar refractivity (Wildman–Crippen MR) is 67.7 cm³/mol. The average molecular weight is 242 g/mol. The molecule has 1 rings (SSSR count). The molecular formula is C14H26O3. The molecule has 0 radical (unpaired) electrons. The Labute approximate surface area is 105 Å². The van der Waals surface area contributed by atoms with E-state index in [1.54, 1.807) is 0 Å². The Morgan fingerprint density at radius 2 is 1.82 bits per heavy atom. The van der Waals surface area contributed by atoms with Crippen LogP contribution in [0, 0.1) is 17.3 Å². The average Bonchev–Trinajstić information content (AvgIpc) is 2.21. The maximum atomic E-state index is 11.5. The van der Waals surface area contributed by atoms with Gasteiger partial charge in [0.2, 0.25) is 0 Å². The molecule has 0 heterocycles. The molecule has 0 amide bonds. The van der Waals surface area contributed by atoms with Crippen LogP contribution in [-0.2, 0) is 14.3 Å². The topological polar surface area (TPSA) is 35.5 Å². The fourth-order valence-corrected chi connectivity index (χ4v) is 1.92. The molecule has 0 spiro atoms. The first kappa shape index (κ1) is 14.5. The van der Waals surface area contributed by atoms with Crippen LogP contribution in [0.25, 0.3) is 0 Å². The number of ether oxygens (including phenoxy) is 2. The van der Waals surface area contributed by atoms with E-state index >= 15 is 0 Å². The number of hydrogen-bond acceptors (Lipinski definition) is 3. The molecule has 0 bridgehead atoms. The fourth-order valence-electron chi connectivity index (χ4n) is 1.92. The maximum Gasteiger partial charge on any atom is 0.308 e. The largest absolute Gasteiger partial charge is 0.461 e. The summed E-state index contributed by atoms with van der Waals surface area (Å²) in [4.78, 5) is 11.5. The molecule has 1 aliphatic carbocycles. The maximum absolute atomic E-state index is 11.5. The van der Waals surface area contributed by atoms with Crippen LogP contribution in [0.2, 0.25) is 0 Å². The lowest BCUT2D eigenvalue weighted by Gasteiger charge is -2.50. The highest BCUT2D eigenvalue weighted by molar-refractivity contribution is 5.71. The minimum absolute atomic E-state index is 0.00885. The predicted octanol–water partition coefficient (Wildman–Crippen LogP) is 3.03. The molecule has 0 N–H and O–H groups in total. The van der Waals surface area contributed by atoms with Gasteiger partial charge in [-0.3, -0.25) is 4.79 Å². The molecule has 3 nitrogen and oxygen atoms in total. The van der Waals surface area contributed by atoms with Crippen LogP contribution in [0.3, 0.4) is 0 Å². The van der Waals surface area contributed by atoms with Gasteiger partial charge in [0.25, 0.3) is 0 Å². The second-order valence-corrected chi connectivity index (χ2v) is 6.35. The summed E-state index contributed by atoms with van der Waals surface area (Å²) in [6, 6.07) is 0. The molecule has 0 saturated heterocycles. The van der Waals surface area contributed by atoms with Gasteiger partial charge in [-0.15, -0.1) is 0 Å². The molecule has 1 aliphatic rings. The molecular weight excluding hydrogens is 216 g/mol. The van der Waals surface area contributed by atoms with Crippen LogP contribution < -0.4 is 0 Å². The first-order chi connectivity index (χ1) is 7.75. The standard InChI is InChI=1S/C14H26O3/c1-9(2)8-16-11-7-12(14(11,5)6)17-13(15)10(3)4/h9-12H,7-8H2,1-6H3/t11-,12-/m0/s1. The Kier molecular flexibility index (Phi) is 4.59. The minimum Gasteiger partial charge on any atom is -0.461 e. The van der Waals surface area contributed by atoms with Crippen LogP contribution in [0.15, 0.2) is 0 Å². The Morgan fingerprint density at radius 1 is 1.24 bits per heavy atom. The second kappa shape index (κ2) is 5.38. The van der Waals surface area contributed by atoms with Gasteiger partial charge in [-0.25, -0.2) is 0 Å². The molecule has 0 aliphatic heterocycles. The quantitative estimate of drug-likeness (QED) is 0.695. The van der Waals surface area contributed by atoms with Crippen LogP contribution in [0.1, 0.15) is 48.0 Å². The summed E-state index contributed by atoms with van der Waals surface area (Å²) < 4.78 is 11.3. The number of rotatable bonds is 5. The lowest BCUT2D eigenvalue weighted by molar-refractivity contribution is -0.207. The van der Waals surface area contributed by atoms with E-state index in [0.717, 1.165) is 13.0 Å². The lowest BCUT2D eigenvalue weighted by Crippen LogP contribution is -2.56. The highest BCUT2D eigenvalue weighted by atomic mass is 16.6. The van der Waals surface area contributed by atoms with E-state index in [0.29, 0.717) is 5.92 Å². The molecule has 0 aromatic rings. The van der Waals surface area contributed by atoms with Crippen LogP contribution in [0.5, 0.6) is 0 Å². The Hall–Kier alpha value is -0.570. The first-order valence-electron chi connectivity index (χ1n) is 6.57. The molecule has 2 atom stereocenters. The van der Waals surface area contributed by atoms with E-state index in [1.165, 1.54) is 0 Å². The highest BCUT2D eigenvalue weighted by Gasteiger charge is 2.51. The van der Waals surface area contributed by atoms with Crippen molar-refractivity contribution in [2.24, 2.45) is 17.3 Å². The van der Waals surface area contributed by atoms with Gasteiger partial charge in [-0.1, -0.05) is 41.5 Å². The van der Waals surface area contributed by atoms with Crippen molar-refractivity contribution in [3.63, 3.8) is 0 Å². The van der Waals surface area contributed by atoms with Gasteiger partial charge < -0.3 is 9.47 Å². The van der Waals surface area contributed by atoms with Crippen LogP contribution >= 0.6 is 0 Å². The van der Waals surface area contributed by atoms with Gasteiger partial charge in [-0.05, 0) is 5.92 Å². The Balaban J connectivity index is 2.41. The van der Waals surface area contributed by atoms with Gasteiger partial charge in [0.15, 0.2) is 0 Å². The Bertz CT molecular complexity index is 269. The van der Waals surface area contributed by atoms with Crippen molar-refractivity contribution in [1.29, 1.82) is 0 Å². The zero-order valence-electron chi connectivity index (χ0n) is 11.9. The van der Waals surface area contributed by atoms with Gasteiger partial charge in [0.1, 0.15) is 6.10 Å². The zero-order valence-corrected chi connectivity index (χ0v) is 11.9. The van der Waals surface area contributed by atoms with Gasteiger partial charge in [-0.2, -0.15) is 0 Å². The van der Waals surface area contributed by atoms with Gasteiger partial charge in [0, 0.05) is 18.4 Å². The number of esters is 1. The van der Waals surface area contributed by atoms with E-state index < -0.39 is 0 Å². The van der Waals surface area contributed by atoms with Crippen molar-refractivity contribution in [3.05, 3.63) is 0 Å². The summed E-state index contributed by atoms with van der Waals surface area (Å²) in [5, 5.41) is 0. The van der Waals surface area contributed by atoms with E-state index in [1.807, 2.05) is 13.8 Å². The van der Waals surface area contributed by atoms with Crippen molar-refractivity contribution < 1.29 is 14.3 Å². The summed E-state index contributed by atoms with van der Waals surface area (Å²) in [6.07, 6.45) is 1.06. The summed E-state index contributed by atoms with van der Waals surface area (Å²) in [5.74, 6) is 0.384. The lowest BCUT2D eigenvalue weighted by atomic mass is 9.66. The monoisotopic (exact) mass is 242 g/mol. The normalized spacial score (nSPS) is 27.1. The molecule has 0 aromatic heterocycles. The van der Waals surface area contributed by atoms with Crippen molar-refractivity contribution in [3.8, 4) is 0 Å². The summed E-state index contributed by atoms with van der Waals surface area (Å²) >= 11 is 0. The van der Waals surface area contributed by atoms with E-state index in [2.05, 4.69) is 27.7 Å². The van der Waals surface area contributed by atoms with Crippen molar-refractivity contribution in [1.82, 2.24) is 0 Å².